The largest absolute Gasteiger partial charge is 0.326 e. The van der Waals surface area contributed by atoms with E-state index in [1.807, 2.05) is 4.72 Å². The van der Waals surface area contributed by atoms with Crippen LogP contribution >= 0.6 is 0 Å². The van der Waals surface area contributed by atoms with E-state index in [1.54, 1.807) is 12.1 Å². The van der Waals surface area contributed by atoms with Crippen molar-refractivity contribution in [3.05, 3.63) is 24.3 Å². The molecule has 0 spiro atoms. The zero-order valence-electron chi connectivity index (χ0n) is 12.1. The zero-order chi connectivity index (χ0) is 16.8. The fourth-order valence-corrected chi connectivity index (χ4v) is 3.08. The Kier molecular flexibility index (Phi) is 6.29. The highest BCUT2D eigenvalue weighted by Crippen LogP contribution is 2.16. The monoisotopic (exact) mass is 350 g/mol. The van der Waals surface area contributed by atoms with Crippen molar-refractivity contribution in [1.82, 2.24) is 9.44 Å². The van der Waals surface area contributed by atoms with Crippen molar-refractivity contribution in [2.24, 2.45) is 0 Å². The zero-order valence-corrected chi connectivity index (χ0v) is 13.7. The molecule has 0 saturated carbocycles. The maximum absolute atomic E-state index is 11.9. The first-order valence-corrected chi connectivity index (χ1v) is 9.33. The molecular weight excluding hydrogens is 332 g/mol. The summed E-state index contributed by atoms with van der Waals surface area (Å²) in [4.78, 5) is 11.0. The highest BCUT2D eigenvalue weighted by Gasteiger charge is 2.13. The number of anilines is 2. The van der Waals surface area contributed by atoms with Gasteiger partial charge in [-0.15, -0.1) is 0 Å². The van der Waals surface area contributed by atoms with Crippen LogP contribution in [0.2, 0.25) is 0 Å². The SMILES string of the molecule is CNS(=O)(=O)NCCS(=O)(=O)Nc1cccc(NC(C)=O)c1. The third-order valence-corrected chi connectivity index (χ3v) is 4.80. The number of carbonyl (C=O) groups excluding carboxylic acids is 1. The first kappa shape index (κ1) is 18.4. The number of hydrogen-bond acceptors (Lipinski definition) is 5. The number of nitrogens with one attached hydrogen (secondary N) is 4. The minimum absolute atomic E-state index is 0.266. The van der Waals surface area contributed by atoms with Crippen molar-refractivity contribution in [2.75, 3.05) is 29.4 Å². The van der Waals surface area contributed by atoms with Crippen LogP contribution in [0.4, 0.5) is 11.4 Å². The molecule has 124 valence electrons. The first-order chi connectivity index (χ1) is 10.1. The number of carbonyl (C=O) groups is 1. The van der Waals surface area contributed by atoms with Crippen molar-refractivity contribution in [3.63, 3.8) is 0 Å². The molecule has 0 bridgehead atoms. The Bertz CT molecular complexity index is 731. The summed E-state index contributed by atoms with van der Waals surface area (Å²) in [6.07, 6.45) is 0. The summed E-state index contributed by atoms with van der Waals surface area (Å²) >= 11 is 0. The third-order valence-electron chi connectivity index (χ3n) is 2.39. The second-order valence-corrected chi connectivity index (χ2v) is 7.83. The Hall–Kier alpha value is -1.69. The van der Waals surface area contributed by atoms with Gasteiger partial charge < -0.3 is 5.32 Å². The lowest BCUT2D eigenvalue weighted by Crippen LogP contribution is -2.37. The standard InChI is InChI=1S/C11H18N4O5S2/c1-9(16)14-10-4-3-5-11(8-10)15-21(17,18)7-6-13-22(19,20)12-2/h3-5,8,12-13,15H,6-7H2,1-2H3,(H,14,16). The molecule has 4 N–H and O–H groups in total. The fraction of sp³-hybridized carbons (Fsp3) is 0.364. The van der Waals surface area contributed by atoms with Gasteiger partial charge in [0.1, 0.15) is 0 Å². The Morgan fingerprint density at radius 3 is 2.36 bits per heavy atom. The summed E-state index contributed by atoms with van der Waals surface area (Å²) in [7, 11) is -6.19. The summed E-state index contributed by atoms with van der Waals surface area (Å²) in [5.41, 5.74) is 0.714. The van der Waals surface area contributed by atoms with Gasteiger partial charge in [-0.25, -0.2) is 17.9 Å². The number of sulfonamides is 1. The predicted molar refractivity (Wildman–Crippen MR) is 84.1 cm³/mol. The number of hydrogen-bond donors (Lipinski definition) is 4. The summed E-state index contributed by atoms with van der Waals surface area (Å²) in [5.74, 6) is -0.709. The molecule has 1 rings (SSSR count). The molecule has 0 atom stereocenters. The molecule has 0 fully saturated rings. The van der Waals surface area contributed by atoms with Crippen molar-refractivity contribution in [1.29, 1.82) is 0 Å². The molecule has 0 unspecified atom stereocenters. The maximum atomic E-state index is 11.9. The van der Waals surface area contributed by atoms with E-state index in [1.165, 1.54) is 26.1 Å². The first-order valence-electron chi connectivity index (χ1n) is 6.20. The van der Waals surface area contributed by atoms with Crippen LogP contribution in [0.25, 0.3) is 0 Å². The lowest BCUT2D eigenvalue weighted by atomic mass is 10.3. The smallest absolute Gasteiger partial charge is 0.276 e. The Labute approximate surface area is 129 Å². The maximum Gasteiger partial charge on any atom is 0.276 e. The van der Waals surface area contributed by atoms with Crippen molar-refractivity contribution < 1.29 is 21.6 Å². The molecule has 0 aliphatic heterocycles. The average Bonchev–Trinajstić information content (AvgIpc) is 2.37. The van der Waals surface area contributed by atoms with E-state index in [-0.39, 0.29) is 18.1 Å². The van der Waals surface area contributed by atoms with Crippen LogP contribution in [0.1, 0.15) is 6.92 Å². The summed E-state index contributed by atoms with van der Waals surface area (Å²) < 4.78 is 52.3. The van der Waals surface area contributed by atoms with Crippen LogP contribution in [0.5, 0.6) is 0 Å². The van der Waals surface area contributed by atoms with E-state index in [4.69, 9.17) is 0 Å². The van der Waals surface area contributed by atoms with Crippen LogP contribution in [-0.4, -0.2) is 42.1 Å². The lowest BCUT2D eigenvalue weighted by molar-refractivity contribution is -0.114. The summed E-state index contributed by atoms with van der Waals surface area (Å²) in [5, 5.41) is 2.53. The molecule has 1 aromatic rings. The molecule has 1 amide bonds. The fourth-order valence-electron chi connectivity index (χ4n) is 1.48. The van der Waals surface area contributed by atoms with Gasteiger partial charge in [0.15, 0.2) is 0 Å². The molecule has 0 radical (unpaired) electrons. The van der Waals surface area contributed by atoms with E-state index in [2.05, 4.69) is 14.8 Å². The topological polar surface area (TPSA) is 133 Å². The van der Waals surface area contributed by atoms with Crippen LogP contribution < -0.4 is 19.5 Å². The average molecular weight is 350 g/mol. The van der Waals surface area contributed by atoms with Gasteiger partial charge in [-0.3, -0.25) is 9.52 Å². The van der Waals surface area contributed by atoms with Gasteiger partial charge >= 0.3 is 0 Å². The van der Waals surface area contributed by atoms with Crippen molar-refractivity contribution >= 4 is 37.5 Å². The lowest BCUT2D eigenvalue weighted by Gasteiger charge is -2.10. The Balaban J connectivity index is 2.66. The minimum Gasteiger partial charge on any atom is -0.326 e. The van der Waals surface area contributed by atoms with Gasteiger partial charge in [0, 0.05) is 26.2 Å². The second kappa shape index (κ2) is 7.54. The molecule has 0 aliphatic carbocycles. The highest BCUT2D eigenvalue weighted by molar-refractivity contribution is 7.92. The molecule has 22 heavy (non-hydrogen) atoms. The van der Waals surface area contributed by atoms with Gasteiger partial charge in [-0.2, -0.15) is 8.42 Å². The van der Waals surface area contributed by atoms with E-state index in [0.717, 1.165) is 0 Å². The summed E-state index contributed by atoms with van der Waals surface area (Å²) in [6.45, 7) is 1.06. The van der Waals surface area contributed by atoms with Gasteiger partial charge in [0.25, 0.3) is 10.2 Å². The molecule has 9 nitrogen and oxygen atoms in total. The molecule has 0 aromatic heterocycles. The minimum atomic E-state index is -3.73. The Morgan fingerprint density at radius 1 is 1.14 bits per heavy atom. The van der Waals surface area contributed by atoms with Gasteiger partial charge in [-0.05, 0) is 18.2 Å². The van der Waals surface area contributed by atoms with Gasteiger partial charge in [0.2, 0.25) is 15.9 Å². The molecule has 0 aliphatic rings. The number of benzene rings is 1. The quantitative estimate of drug-likeness (QED) is 0.499. The normalized spacial score (nSPS) is 11.9. The van der Waals surface area contributed by atoms with Crippen molar-refractivity contribution in [2.45, 2.75) is 6.92 Å². The molecule has 0 saturated heterocycles. The van der Waals surface area contributed by atoms with E-state index >= 15 is 0 Å². The summed E-state index contributed by atoms with van der Waals surface area (Å²) in [6, 6.07) is 6.16. The molecule has 1 aromatic carbocycles. The van der Waals surface area contributed by atoms with Crippen LogP contribution in [0, 0.1) is 0 Å². The highest BCUT2D eigenvalue weighted by atomic mass is 32.2. The van der Waals surface area contributed by atoms with Crippen molar-refractivity contribution in [3.8, 4) is 0 Å². The van der Waals surface area contributed by atoms with E-state index < -0.39 is 26.0 Å². The van der Waals surface area contributed by atoms with E-state index in [9.17, 15) is 21.6 Å². The second-order valence-electron chi connectivity index (χ2n) is 4.28. The van der Waals surface area contributed by atoms with E-state index in [0.29, 0.717) is 5.69 Å². The van der Waals surface area contributed by atoms with Gasteiger partial charge in [0.05, 0.1) is 11.4 Å². The number of rotatable bonds is 8. The van der Waals surface area contributed by atoms with Gasteiger partial charge in [-0.1, -0.05) is 6.07 Å². The van der Waals surface area contributed by atoms with Crippen LogP contribution in [0.3, 0.4) is 0 Å². The molecule has 0 heterocycles. The van der Waals surface area contributed by atoms with Crippen LogP contribution in [-0.2, 0) is 25.0 Å². The number of amides is 1. The molecule has 11 heteroatoms. The Morgan fingerprint density at radius 2 is 1.77 bits per heavy atom. The third kappa shape index (κ3) is 6.85. The predicted octanol–water partition coefficient (Wildman–Crippen LogP) is -0.559. The van der Waals surface area contributed by atoms with Crippen LogP contribution in [0.15, 0.2) is 24.3 Å². The molecular formula is C11H18N4O5S2.